The first kappa shape index (κ1) is 10.6. The van der Waals surface area contributed by atoms with Gasteiger partial charge in [-0.3, -0.25) is 0 Å². The fourth-order valence-corrected chi connectivity index (χ4v) is 1.83. The standard InChI is InChI=1S/C13H12N4O/c1-9-6-7-15-17(9)11-4-2-10(3-5-11)12-8-13(14)16-18-12/h2-8H,1H3,(H2,14,16). The molecule has 0 unspecified atom stereocenters. The van der Waals surface area contributed by atoms with Crippen LogP contribution in [0.25, 0.3) is 17.0 Å². The van der Waals surface area contributed by atoms with Crippen molar-refractivity contribution in [3.63, 3.8) is 0 Å². The van der Waals surface area contributed by atoms with E-state index in [2.05, 4.69) is 10.3 Å². The molecule has 1 aromatic carbocycles. The van der Waals surface area contributed by atoms with Crippen molar-refractivity contribution >= 4 is 5.82 Å². The lowest BCUT2D eigenvalue weighted by Gasteiger charge is -2.04. The van der Waals surface area contributed by atoms with Crippen LogP contribution in [0.5, 0.6) is 0 Å². The molecule has 0 aliphatic heterocycles. The van der Waals surface area contributed by atoms with Gasteiger partial charge >= 0.3 is 0 Å². The van der Waals surface area contributed by atoms with Crippen LogP contribution in [0.15, 0.2) is 47.1 Å². The third kappa shape index (κ3) is 1.75. The summed E-state index contributed by atoms with van der Waals surface area (Å²) in [6, 6.07) is 11.5. The Morgan fingerprint density at radius 3 is 2.50 bits per heavy atom. The summed E-state index contributed by atoms with van der Waals surface area (Å²) in [7, 11) is 0. The molecule has 0 aliphatic rings. The number of hydrogen-bond acceptors (Lipinski definition) is 4. The van der Waals surface area contributed by atoms with Gasteiger partial charge in [0.1, 0.15) is 0 Å². The highest BCUT2D eigenvalue weighted by atomic mass is 16.5. The summed E-state index contributed by atoms with van der Waals surface area (Å²) in [6.45, 7) is 2.01. The van der Waals surface area contributed by atoms with Crippen molar-refractivity contribution in [3.8, 4) is 17.0 Å². The highest BCUT2D eigenvalue weighted by Crippen LogP contribution is 2.22. The smallest absolute Gasteiger partial charge is 0.169 e. The molecular formula is C13H12N4O. The summed E-state index contributed by atoms with van der Waals surface area (Å²) in [5.41, 5.74) is 8.56. The maximum atomic E-state index is 5.52. The number of aryl methyl sites for hydroxylation is 1. The van der Waals surface area contributed by atoms with Crippen molar-refractivity contribution in [2.75, 3.05) is 5.73 Å². The van der Waals surface area contributed by atoms with Gasteiger partial charge in [-0.05, 0) is 37.3 Å². The van der Waals surface area contributed by atoms with Gasteiger partial charge in [-0.2, -0.15) is 5.10 Å². The molecule has 2 N–H and O–H groups in total. The first-order valence-electron chi connectivity index (χ1n) is 5.58. The molecule has 18 heavy (non-hydrogen) atoms. The van der Waals surface area contributed by atoms with E-state index in [1.165, 1.54) is 0 Å². The maximum Gasteiger partial charge on any atom is 0.169 e. The first-order chi connectivity index (χ1) is 8.74. The van der Waals surface area contributed by atoms with Crippen LogP contribution >= 0.6 is 0 Å². The number of aromatic nitrogens is 3. The molecule has 0 radical (unpaired) electrons. The zero-order valence-electron chi connectivity index (χ0n) is 9.87. The highest BCUT2D eigenvalue weighted by Gasteiger charge is 2.06. The van der Waals surface area contributed by atoms with E-state index in [9.17, 15) is 0 Å². The van der Waals surface area contributed by atoms with Crippen LogP contribution in [0.4, 0.5) is 5.82 Å². The Morgan fingerprint density at radius 1 is 1.17 bits per heavy atom. The molecule has 2 aromatic heterocycles. The number of nitrogen functional groups attached to an aromatic ring is 1. The molecule has 5 heteroatoms. The molecule has 90 valence electrons. The lowest BCUT2D eigenvalue weighted by Crippen LogP contribution is -1.97. The fraction of sp³-hybridized carbons (Fsp3) is 0.0769. The SMILES string of the molecule is Cc1ccnn1-c1ccc(-c2cc(N)no2)cc1. The monoisotopic (exact) mass is 240 g/mol. The normalized spacial score (nSPS) is 10.7. The average Bonchev–Trinajstić information content (AvgIpc) is 2.98. The Morgan fingerprint density at radius 2 is 1.94 bits per heavy atom. The molecule has 0 saturated carbocycles. The second-order valence-corrected chi connectivity index (χ2v) is 4.05. The van der Waals surface area contributed by atoms with Gasteiger partial charge in [0, 0.05) is 23.5 Å². The zero-order chi connectivity index (χ0) is 12.5. The number of hydrogen-bond donors (Lipinski definition) is 1. The van der Waals surface area contributed by atoms with Gasteiger partial charge in [-0.1, -0.05) is 5.16 Å². The van der Waals surface area contributed by atoms with Crippen molar-refractivity contribution in [2.24, 2.45) is 0 Å². The summed E-state index contributed by atoms with van der Waals surface area (Å²) in [6.07, 6.45) is 1.78. The summed E-state index contributed by atoms with van der Waals surface area (Å²) in [5.74, 6) is 1.05. The first-order valence-corrected chi connectivity index (χ1v) is 5.58. The zero-order valence-corrected chi connectivity index (χ0v) is 9.87. The molecule has 3 rings (SSSR count). The van der Waals surface area contributed by atoms with E-state index < -0.39 is 0 Å². The van der Waals surface area contributed by atoms with E-state index in [1.807, 2.05) is 41.9 Å². The van der Waals surface area contributed by atoms with Crippen molar-refractivity contribution in [1.82, 2.24) is 14.9 Å². The Hall–Kier alpha value is -2.56. The minimum atomic E-state index is 0.386. The van der Waals surface area contributed by atoms with E-state index in [0.717, 1.165) is 16.9 Å². The Labute approximate surface area is 104 Å². The number of anilines is 1. The molecule has 0 bridgehead atoms. The van der Waals surface area contributed by atoms with E-state index in [0.29, 0.717) is 11.6 Å². The largest absolute Gasteiger partial charge is 0.381 e. The Bertz CT molecular complexity index is 666. The fourth-order valence-electron chi connectivity index (χ4n) is 1.83. The minimum Gasteiger partial charge on any atom is -0.381 e. The van der Waals surface area contributed by atoms with Crippen LogP contribution in [-0.2, 0) is 0 Å². The number of nitrogens with two attached hydrogens (primary N) is 1. The molecule has 5 nitrogen and oxygen atoms in total. The predicted molar refractivity (Wildman–Crippen MR) is 68.2 cm³/mol. The second-order valence-electron chi connectivity index (χ2n) is 4.05. The maximum absolute atomic E-state index is 5.52. The summed E-state index contributed by atoms with van der Waals surface area (Å²) in [5, 5.41) is 7.92. The quantitative estimate of drug-likeness (QED) is 0.746. The van der Waals surface area contributed by atoms with Crippen LogP contribution in [0.2, 0.25) is 0 Å². The van der Waals surface area contributed by atoms with E-state index >= 15 is 0 Å². The molecular weight excluding hydrogens is 228 g/mol. The third-order valence-electron chi connectivity index (χ3n) is 2.76. The van der Waals surface area contributed by atoms with Gasteiger partial charge in [0.25, 0.3) is 0 Å². The number of rotatable bonds is 2. The summed E-state index contributed by atoms with van der Waals surface area (Å²) < 4.78 is 6.98. The van der Waals surface area contributed by atoms with Crippen LogP contribution in [0.3, 0.4) is 0 Å². The van der Waals surface area contributed by atoms with E-state index in [4.69, 9.17) is 10.3 Å². The van der Waals surface area contributed by atoms with Gasteiger partial charge in [0.05, 0.1) is 5.69 Å². The molecule has 0 fully saturated rings. The van der Waals surface area contributed by atoms with Gasteiger partial charge in [0.2, 0.25) is 0 Å². The minimum absolute atomic E-state index is 0.386. The summed E-state index contributed by atoms with van der Waals surface area (Å²) in [4.78, 5) is 0. The Balaban J connectivity index is 1.97. The Kier molecular flexibility index (Phi) is 2.37. The number of benzene rings is 1. The second kappa shape index (κ2) is 4.03. The van der Waals surface area contributed by atoms with Crippen molar-refractivity contribution in [1.29, 1.82) is 0 Å². The molecule has 0 atom stereocenters. The summed E-state index contributed by atoms with van der Waals surface area (Å²) >= 11 is 0. The van der Waals surface area contributed by atoms with Crippen molar-refractivity contribution in [2.45, 2.75) is 6.92 Å². The predicted octanol–water partition coefficient (Wildman–Crippen LogP) is 2.42. The highest BCUT2D eigenvalue weighted by molar-refractivity contribution is 5.61. The molecule has 2 heterocycles. The van der Waals surface area contributed by atoms with E-state index in [1.54, 1.807) is 12.3 Å². The van der Waals surface area contributed by atoms with Gasteiger partial charge in [-0.15, -0.1) is 0 Å². The lowest BCUT2D eigenvalue weighted by molar-refractivity contribution is 0.436. The lowest BCUT2D eigenvalue weighted by atomic mass is 10.1. The topological polar surface area (TPSA) is 69.9 Å². The number of nitrogens with zero attached hydrogens (tertiary/aromatic N) is 3. The molecule has 0 spiro atoms. The molecule has 0 amide bonds. The molecule has 0 saturated heterocycles. The van der Waals surface area contributed by atoms with Crippen LogP contribution in [0.1, 0.15) is 5.69 Å². The van der Waals surface area contributed by atoms with Crippen molar-refractivity contribution in [3.05, 3.63) is 48.3 Å². The van der Waals surface area contributed by atoms with Gasteiger partial charge in [-0.25, -0.2) is 4.68 Å². The van der Waals surface area contributed by atoms with Crippen LogP contribution < -0.4 is 5.73 Å². The van der Waals surface area contributed by atoms with Crippen molar-refractivity contribution < 1.29 is 4.52 Å². The van der Waals surface area contributed by atoms with Crippen LogP contribution in [0, 0.1) is 6.92 Å². The van der Waals surface area contributed by atoms with Gasteiger partial charge < -0.3 is 10.3 Å². The van der Waals surface area contributed by atoms with Crippen LogP contribution in [-0.4, -0.2) is 14.9 Å². The van der Waals surface area contributed by atoms with Gasteiger partial charge in [0.15, 0.2) is 11.6 Å². The molecule has 0 aliphatic carbocycles. The van der Waals surface area contributed by atoms with E-state index in [-0.39, 0.29) is 0 Å². The average molecular weight is 240 g/mol. The third-order valence-corrected chi connectivity index (χ3v) is 2.76. The molecule has 3 aromatic rings.